The van der Waals surface area contributed by atoms with E-state index in [4.69, 9.17) is 0 Å². The summed E-state index contributed by atoms with van der Waals surface area (Å²) in [5.74, 6) is 0.732. The minimum absolute atomic E-state index is 0.231. The molecule has 0 heterocycles. The van der Waals surface area contributed by atoms with Crippen LogP contribution in [0.3, 0.4) is 0 Å². The van der Waals surface area contributed by atoms with E-state index in [1.165, 1.54) is 0 Å². The highest BCUT2D eigenvalue weighted by molar-refractivity contribution is 7.99. The Labute approximate surface area is 138 Å². The molecular formula is C19H16O3S. The standard InChI is InChI=1S/C19H16O3S/c20-15-3-1-13(2-4-15)11-14-12-18(9-10-19(14)22)23-17-7-5-16(21)6-8-17/h1-10,12,20-22H,11H2. The molecule has 0 aliphatic rings. The smallest absolute Gasteiger partial charge is 0.119 e. The number of phenols is 3. The zero-order valence-electron chi connectivity index (χ0n) is 12.3. The highest BCUT2D eigenvalue weighted by Crippen LogP contribution is 2.32. The van der Waals surface area contributed by atoms with E-state index in [9.17, 15) is 15.3 Å². The maximum Gasteiger partial charge on any atom is 0.119 e. The van der Waals surface area contributed by atoms with Crippen molar-refractivity contribution in [1.82, 2.24) is 0 Å². The highest BCUT2D eigenvalue weighted by atomic mass is 32.2. The number of hydrogen-bond acceptors (Lipinski definition) is 4. The van der Waals surface area contributed by atoms with E-state index in [0.717, 1.165) is 20.9 Å². The molecule has 23 heavy (non-hydrogen) atoms. The van der Waals surface area contributed by atoms with Crippen LogP contribution in [0.1, 0.15) is 11.1 Å². The van der Waals surface area contributed by atoms with Gasteiger partial charge in [-0.15, -0.1) is 0 Å². The van der Waals surface area contributed by atoms with Gasteiger partial charge in [0.15, 0.2) is 0 Å². The van der Waals surface area contributed by atoms with E-state index in [-0.39, 0.29) is 17.2 Å². The van der Waals surface area contributed by atoms with Gasteiger partial charge in [-0.1, -0.05) is 23.9 Å². The van der Waals surface area contributed by atoms with Gasteiger partial charge in [0.2, 0.25) is 0 Å². The lowest BCUT2D eigenvalue weighted by Gasteiger charge is -2.08. The van der Waals surface area contributed by atoms with E-state index < -0.39 is 0 Å². The van der Waals surface area contributed by atoms with Crippen LogP contribution in [-0.2, 0) is 6.42 Å². The van der Waals surface area contributed by atoms with Crippen LogP contribution >= 0.6 is 11.8 Å². The highest BCUT2D eigenvalue weighted by Gasteiger charge is 2.06. The fourth-order valence-corrected chi connectivity index (χ4v) is 3.13. The van der Waals surface area contributed by atoms with E-state index in [1.54, 1.807) is 42.1 Å². The Morgan fingerprint density at radius 2 is 1.22 bits per heavy atom. The lowest BCUT2D eigenvalue weighted by Crippen LogP contribution is -1.89. The molecule has 0 aliphatic carbocycles. The summed E-state index contributed by atoms with van der Waals surface area (Å²) in [6, 6.07) is 19.5. The van der Waals surface area contributed by atoms with Gasteiger partial charge in [0.25, 0.3) is 0 Å². The molecule has 3 rings (SSSR count). The molecule has 3 aromatic rings. The van der Waals surface area contributed by atoms with Gasteiger partial charge in [0.05, 0.1) is 0 Å². The zero-order valence-corrected chi connectivity index (χ0v) is 13.1. The Kier molecular flexibility index (Phi) is 4.44. The van der Waals surface area contributed by atoms with Crippen molar-refractivity contribution < 1.29 is 15.3 Å². The molecule has 0 radical (unpaired) electrons. The Hall–Kier alpha value is -2.59. The molecule has 0 saturated heterocycles. The average molecular weight is 324 g/mol. The van der Waals surface area contributed by atoms with Gasteiger partial charge in [-0.2, -0.15) is 0 Å². The second-order valence-electron chi connectivity index (χ2n) is 5.23. The average Bonchev–Trinajstić information content (AvgIpc) is 2.55. The number of aromatic hydroxyl groups is 3. The number of rotatable bonds is 4. The Balaban J connectivity index is 1.81. The molecule has 0 atom stereocenters. The summed E-state index contributed by atoms with van der Waals surface area (Å²) in [6.45, 7) is 0. The SMILES string of the molecule is Oc1ccc(Cc2cc(Sc3ccc(O)cc3)ccc2O)cc1. The first-order chi connectivity index (χ1) is 11.1. The molecular weight excluding hydrogens is 308 g/mol. The van der Waals surface area contributed by atoms with E-state index >= 15 is 0 Å². The summed E-state index contributed by atoms with van der Waals surface area (Å²) < 4.78 is 0. The predicted octanol–water partition coefficient (Wildman–Crippen LogP) is 4.55. The molecule has 0 unspecified atom stereocenters. The van der Waals surface area contributed by atoms with Crippen LogP contribution < -0.4 is 0 Å². The van der Waals surface area contributed by atoms with Gasteiger partial charge in [0, 0.05) is 16.2 Å². The largest absolute Gasteiger partial charge is 0.508 e. The minimum atomic E-state index is 0.231. The maximum atomic E-state index is 10.1. The third-order valence-electron chi connectivity index (χ3n) is 3.45. The summed E-state index contributed by atoms with van der Waals surface area (Å²) in [6.07, 6.45) is 0.593. The van der Waals surface area contributed by atoms with Crippen LogP contribution in [0, 0.1) is 0 Å². The van der Waals surface area contributed by atoms with Crippen molar-refractivity contribution in [3.05, 3.63) is 77.9 Å². The summed E-state index contributed by atoms with van der Waals surface area (Å²) in [5, 5.41) is 28.7. The molecule has 0 bridgehead atoms. The van der Waals surface area contributed by atoms with Crippen LogP contribution in [0.5, 0.6) is 17.2 Å². The molecule has 0 fully saturated rings. The topological polar surface area (TPSA) is 60.7 Å². The Bertz CT molecular complexity index is 796. The number of hydrogen-bond donors (Lipinski definition) is 3. The zero-order chi connectivity index (χ0) is 16.2. The third kappa shape index (κ3) is 3.99. The molecule has 3 N–H and O–H groups in total. The Morgan fingerprint density at radius 1 is 0.652 bits per heavy atom. The van der Waals surface area contributed by atoms with Gasteiger partial charge < -0.3 is 15.3 Å². The fourth-order valence-electron chi connectivity index (χ4n) is 2.25. The molecule has 4 heteroatoms. The summed E-state index contributed by atoms with van der Waals surface area (Å²) in [5.41, 5.74) is 1.85. The molecule has 0 aliphatic heterocycles. The van der Waals surface area contributed by atoms with Gasteiger partial charge in [-0.25, -0.2) is 0 Å². The van der Waals surface area contributed by atoms with Crippen LogP contribution in [-0.4, -0.2) is 15.3 Å². The normalized spacial score (nSPS) is 10.6. The first-order valence-electron chi connectivity index (χ1n) is 7.17. The number of phenolic OH excluding ortho intramolecular Hbond substituents is 3. The van der Waals surface area contributed by atoms with Crippen LogP contribution in [0.25, 0.3) is 0 Å². The van der Waals surface area contributed by atoms with Crippen LogP contribution in [0.2, 0.25) is 0 Å². The van der Waals surface area contributed by atoms with Gasteiger partial charge in [0.1, 0.15) is 17.2 Å². The third-order valence-corrected chi connectivity index (χ3v) is 4.45. The summed E-state index contributed by atoms with van der Waals surface area (Å²) in [7, 11) is 0. The molecule has 0 spiro atoms. The first kappa shape index (κ1) is 15.3. The van der Waals surface area contributed by atoms with E-state index in [0.29, 0.717) is 6.42 Å². The van der Waals surface area contributed by atoms with Crippen molar-refractivity contribution in [2.45, 2.75) is 16.2 Å². The molecule has 3 aromatic carbocycles. The van der Waals surface area contributed by atoms with Crippen molar-refractivity contribution in [3.63, 3.8) is 0 Å². The molecule has 3 nitrogen and oxygen atoms in total. The molecule has 0 amide bonds. The van der Waals surface area contributed by atoms with Gasteiger partial charge in [-0.3, -0.25) is 0 Å². The first-order valence-corrected chi connectivity index (χ1v) is 7.98. The maximum absolute atomic E-state index is 10.1. The molecule has 116 valence electrons. The summed E-state index contributed by atoms with van der Waals surface area (Å²) >= 11 is 1.57. The van der Waals surface area contributed by atoms with Crippen molar-refractivity contribution in [1.29, 1.82) is 0 Å². The quantitative estimate of drug-likeness (QED) is 0.659. The van der Waals surface area contributed by atoms with Crippen molar-refractivity contribution in [3.8, 4) is 17.2 Å². The fraction of sp³-hybridized carbons (Fsp3) is 0.0526. The number of benzene rings is 3. The lowest BCUT2D eigenvalue weighted by atomic mass is 10.0. The van der Waals surface area contributed by atoms with E-state index in [2.05, 4.69) is 0 Å². The van der Waals surface area contributed by atoms with Crippen LogP contribution in [0.4, 0.5) is 0 Å². The van der Waals surface area contributed by atoms with Gasteiger partial charge in [-0.05, 0) is 65.7 Å². The monoisotopic (exact) mass is 324 g/mol. The molecule has 0 saturated carbocycles. The summed E-state index contributed by atoms with van der Waals surface area (Å²) in [4.78, 5) is 2.03. The van der Waals surface area contributed by atoms with Crippen molar-refractivity contribution >= 4 is 11.8 Å². The predicted molar refractivity (Wildman–Crippen MR) is 91.2 cm³/mol. The Morgan fingerprint density at radius 3 is 1.87 bits per heavy atom. The molecule has 0 aromatic heterocycles. The van der Waals surface area contributed by atoms with Crippen molar-refractivity contribution in [2.24, 2.45) is 0 Å². The van der Waals surface area contributed by atoms with Crippen LogP contribution in [0.15, 0.2) is 76.5 Å². The van der Waals surface area contributed by atoms with E-state index in [1.807, 2.05) is 36.4 Å². The minimum Gasteiger partial charge on any atom is -0.508 e. The van der Waals surface area contributed by atoms with Crippen molar-refractivity contribution in [2.75, 3.05) is 0 Å². The second kappa shape index (κ2) is 6.67. The second-order valence-corrected chi connectivity index (χ2v) is 6.38. The lowest BCUT2D eigenvalue weighted by molar-refractivity contribution is 0.468. The van der Waals surface area contributed by atoms with Gasteiger partial charge >= 0.3 is 0 Å².